The van der Waals surface area contributed by atoms with Crippen LogP contribution < -0.4 is 15.4 Å². The highest BCUT2D eigenvalue weighted by molar-refractivity contribution is 5.95. The zero-order valence-corrected chi connectivity index (χ0v) is 18.5. The molecular formula is C24H24F4N2O5. The number of carbonyl (C=O) groups excluding carboxylic acids is 2. The van der Waals surface area contributed by atoms with Gasteiger partial charge in [0.1, 0.15) is 11.6 Å². The van der Waals surface area contributed by atoms with Crippen LogP contribution in [0.4, 0.5) is 17.6 Å². The van der Waals surface area contributed by atoms with Gasteiger partial charge in [0.25, 0.3) is 11.8 Å². The lowest BCUT2D eigenvalue weighted by molar-refractivity contribution is -0.143. The second kappa shape index (κ2) is 11.2. The highest BCUT2D eigenvalue weighted by Crippen LogP contribution is 2.32. The fraction of sp³-hybridized carbons (Fsp3) is 0.375. The Morgan fingerprint density at radius 1 is 0.886 bits per heavy atom. The van der Waals surface area contributed by atoms with Crippen molar-refractivity contribution in [1.82, 2.24) is 10.6 Å². The first-order chi connectivity index (χ1) is 16.5. The minimum absolute atomic E-state index is 0.0168. The van der Waals surface area contributed by atoms with Crippen molar-refractivity contribution in [2.24, 2.45) is 5.92 Å². The molecule has 0 atom stereocenters. The second-order valence-electron chi connectivity index (χ2n) is 8.16. The SMILES string of the molecule is O=C(NCCNC(=O)c1ccc(F)c(C(F)(F)F)c1)c1ccc(O[C@H]2CC[C@@H](C(=O)O)CC2)cc1. The van der Waals surface area contributed by atoms with Crippen LogP contribution in [0.3, 0.4) is 0 Å². The maximum absolute atomic E-state index is 13.3. The molecular weight excluding hydrogens is 472 g/mol. The maximum atomic E-state index is 13.3. The molecule has 1 fully saturated rings. The standard InChI is InChI=1S/C24H24F4N2O5/c25-20-10-5-16(13-19(20)24(26,27)28)22(32)30-12-11-29-21(31)14-1-6-17(7-2-14)35-18-8-3-15(4-9-18)23(33)34/h1-2,5-7,10,13,15,18H,3-4,8-9,11-12H2,(H,29,31)(H,30,32)(H,33,34)/t15-,18+. The summed E-state index contributed by atoms with van der Waals surface area (Å²) in [5.74, 6) is -3.28. The number of carbonyl (C=O) groups is 3. The third-order valence-electron chi connectivity index (χ3n) is 5.67. The van der Waals surface area contributed by atoms with Gasteiger partial charge in [-0.2, -0.15) is 13.2 Å². The molecule has 0 spiro atoms. The lowest BCUT2D eigenvalue weighted by Crippen LogP contribution is -2.34. The number of aliphatic carboxylic acids is 1. The van der Waals surface area contributed by atoms with Crippen molar-refractivity contribution in [3.8, 4) is 5.75 Å². The first-order valence-electron chi connectivity index (χ1n) is 11.0. The van der Waals surface area contributed by atoms with Crippen molar-refractivity contribution in [3.63, 3.8) is 0 Å². The van der Waals surface area contributed by atoms with E-state index in [2.05, 4.69) is 10.6 Å². The Hall–Kier alpha value is -3.63. The topological polar surface area (TPSA) is 105 Å². The molecule has 0 aliphatic heterocycles. The van der Waals surface area contributed by atoms with Crippen LogP contribution in [0.5, 0.6) is 5.75 Å². The van der Waals surface area contributed by atoms with Gasteiger partial charge >= 0.3 is 12.1 Å². The van der Waals surface area contributed by atoms with Crippen LogP contribution in [0.15, 0.2) is 42.5 Å². The number of rotatable bonds is 8. The summed E-state index contributed by atoms with van der Waals surface area (Å²) in [5.41, 5.74) is -1.54. The molecule has 11 heteroatoms. The van der Waals surface area contributed by atoms with Gasteiger partial charge in [0.15, 0.2) is 0 Å². The molecule has 2 amide bonds. The first kappa shape index (κ1) is 26.0. The van der Waals surface area contributed by atoms with Crippen LogP contribution in [0.2, 0.25) is 0 Å². The number of halogens is 4. The summed E-state index contributed by atoms with van der Waals surface area (Å²) in [5, 5.41) is 14.0. The quantitative estimate of drug-likeness (QED) is 0.378. The summed E-state index contributed by atoms with van der Waals surface area (Å²) in [6, 6.07) is 8.34. The van der Waals surface area contributed by atoms with Gasteiger partial charge in [-0.1, -0.05) is 0 Å². The van der Waals surface area contributed by atoms with Crippen LogP contribution in [0, 0.1) is 11.7 Å². The van der Waals surface area contributed by atoms with Gasteiger partial charge in [0.2, 0.25) is 0 Å². The average molecular weight is 496 g/mol. The summed E-state index contributed by atoms with van der Waals surface area (Å²) in [6.07, 6.45) is -2.61. The molecule has 0 aromatic heterocycles. The Kier molecular flexibility index (Phi) is 8.31. The molecule has 3 N–H and O–H groups in total. The Balaban J connectivity index is 1.42. The number of ether oxygens (including phenoxy) is 1. The lowest BCUT2D eigenvalue weighted by atomic mass is 9.87. The number of carboxylic acid groups (broad SMARTS) is 1. The number of benzene rings is 2. The van der Waals surface area contributed by atoms with Crippen LogP contribution in [0.25, 0.3) is 0 Å². The molecule has 3 rings (SSSR count). The van der Waals surface area contributed by atoms with Gasteiger partial charge in [-0.3, -0.25) is 14.4 Å². The van der Waals surface area contributed by atoms with E-state index >= 15 is 0 Å². The smallest absolute Gasteiger partial charge is 0.419 e. The Bertz CT molecular complexity index is 1060. The van der Waals surface area contributed by atoms with E-state index in [4.69, 9.17) is 9.84 Å². The van der Waals surface area contributed by atoms with Crippen molar-refractivity contribution in [2.45, 2.75) is 38.0 Å². The van der Waals surface area contributed by atoms with E-state index < -0.39 is 35.3 Å². The summed E-state index contributed by atoms with van der Waals surface area (Å²) in [4.78, 5) is 35.3. The van der Waals surface area contributed by atoms with E-state index in [0.717, 1.165) is 6.07 Å². The zero-order chi connectivity index (χ0) is 25.6. The van der Waals surface area contributed by atoms with Crippen molar-refractivity contribution in [2.75, 3.05) is 13.1 Å². The number of alkyl halides is 3. The Labute approximate surface area is 198 Å². The Morgan fingerprint density at radius 3 is 1.97 bits per heavy atom. The molecule has 0 radical (unpaired) electrons. The highest BCUT2D eigenvalue weighted by Gasteiger charge is 2.34. The number of carboxylic acids is 1. The van der Waals surface area contributed by atoms with Crippen molar-refractivity contribution in [3.05, 3.63) is 65.0 Å². The average Bonchev–Trinajstić information content (AvgIpc) is 2.82. The van der Waals surface area contributed by atoms with E-state index in [1.165, 1.54) is 0 Å². The monoisotopic (exact) mass is 496 g/mol. The van der Waals surface area contributed by atoms with E-state index in [1.807, 2.05) is 0 Å². The molecule has 0 bridgehead atoms. The molecule has 0 unspecified atom stereocenters. The minimum atomic E-state index is -4.92. The van der Waals surface area contributed by atoms with Gasteiger partial charge in [-0.05, 0) is 68.1 Å². The Morgan fingerprint density at radius 2 is 1.43 bits per heavy atom. The summed E-state index contributed by atoms with van der Waals surface area (Å²) >= 11 is 0. The van der Waals surface area contributed by atoms with Crippen LogP contribution in [0.1, 0.15) is 52.0 Å². The summed E-state index contributed by atoms with van der Waals surface area (Å²) < 4.78 is 57.6. The maximum Gasteiger partial charge on any atom is 0.419 e. The first-order valence-corrected chi connectivity index (χ1v) is 11.0. The van der Waals surface area contributed by atoms with Crippen LogP contribution in [-0.2, 0) is 11.0 Å². The van der Waals surface area contributed by atoms with Crippen molar-refractivity contribution < 1.29 is 41.8 Å². The molecule has 1 aliphatic rings. The van der Waals surface area contributed by atoms with Gasteiger partial charge in [-0.15, -0.1) is 0 Å². The molecule has 2 aromatic rings. The van der Waals surface area contributed by atoms with E-state index in [0.29, 0.717) is 49.1 Å². The minimum Gasteiger partial charge on any atom is -0.490 e. The van der Waals surface area contributed by atoms with E-state index in [-0.39, 0.29) is 30.7 Å². The summed E-state index contributed by atoms with van der Waals surface area (Å²) in [6.45, 7) is -0.0352. The van der Waals surface area contributed by atoms with Crippen LogP contribution >= 0.6 is 0 Å². The molecule has 2 aromatic carbocycles. The molecule has 1 saturated carbocycles. The number of hydrogen-bond acceptors (Lipinski definition) is 4. The van der Waals surface area contributed by atoms with Crippen molar-refractivity contribution in [1.29, 1.82) is 0 Å². The molecule has 1 aliphatic carbocycles. The predicted molar refractivity (Wildman–Crippen MR) is 117 cm³/mol. The molecule has 0 heterocycles. The van der Waals surface area contributed by atoms with Gasteiger partial charge in [-0.25, -0.2) is 4.39 Å². The third-order valence-corrected chi connectivity index (χ3v) is 5.67. The molecule has 188 valence electrons. The molecule has 7 nitrogen and oxygen atoms in total. The van der Waals surface area contributed by atoms with Gasteiger partial charge < -0.3 is 20.5 Å². The van der Waals surface area contributed by atoms with E-state index in [9.17, 15) is 31.9 Å². The normalized spacial score (nSPS) is 17.9. The fourth-order valence-corrected chi connectivity index (χ4v) is 3.74. The summed E-state index contributed by atoms with van der Waals surface area (Å²) in [7, 11) is 0. The number of hydrogen-bond donors (Lipinski definition) is 3. The molecule has 0 saturated heterocycles. The highest BCUT2D eigenvalue weighted by atomic mass is 19.4. The third kappa shape index (κ3) is 7.17. The number of amides is 2. The fourth-order valence-electron chi connectivity index (χ4n) is 3.74. The predicted octanol–water partition coefficient (Wildman–Crippen LogP) is 4.03. The number of nitrogens with one attached hydrogen (secondary N) is 2. The van der Waals surface area contributed by atoms with Crippen LogP contribution in [-0.4, -0.2) is 42.1 Å². The van der Waals surface area contributed by atoms with Gasteiger partial charge in [0.05, 0.1) is 17.6 Å². The van der Waals surface area contributed by atoms with Crippen molar-refractivity contribution >= 4 is 17.8 Å². The lowest BCUT2D eigenvalue weighted by Gasteiger charge is -2.26. The zero-order valence-electron chi connectivity index (χ0n) is 18.5. The van der Waals surface area contributed by atoms with E-state index in [1.54, 1.807) is 24.3 Å². The van der Waals surface area contributed by atoms with Gasteiger partial charge in [0, 0.05) is 24.2 Å². The second-order valence-corrected chi connectivity index (χ2v) is 8.16. The largest absolute Gasteiger partial charge is 0.490 e. The molecule has 35 heavy (non-hydrogen) atoms.